The molecule has 0 aromatic carbocycles. The molecule has 2 atom stereocenters. The molecule has 266 valence electrons. The number of unbranched alkanes of at least 4 members (excludes halogenated alkanes) is 3. The number of ether oxygens (including phenoxy) is 3. The molecular weight excluding hydrogens is 594 g/mol. The zero-order valence-electron chi connectivity index (χ0n) is 29.9. The number of aliphatic carboxylic acids is 1. The van der Waals surface area contributed by atoms with Crippen molar-refractivity contribution < 1.29 is 38.2 Å². The number of hydrogen-bond acceptors (Lipinski definition) is 6. The van der Waals surface area contributed by atoms with Crippen molar-refractivity contribution in [3.63, 3.8) is 0 Å². The third-order valence-corrected chi connectivity index (χ3v) is 7.13. The molecule has 47 heavy (non-hydrogen) atoms. The molecule has 8 nitrogen and oxygen atoms in total. The van der Waals surface area contributed by atoms with Crippen molar-refractivity contribution in [3.8, 4) is 0 Å². The van der Waals surface area contributed by atoms with Gasteiger partial charge in [0.1, 0.15) is 6.61 Å². The average Bonchev–Trinajstić information content (AvgIpc) is 3.02. The number of quaternary nitrogens is 1. The van der Waals surface area contributed by atoms with Gasteiger partial charge >= 0.3 is 17.9 Å². The largest absolute Gasteiger partial charge is 0.477 e. The molecule has 0 amide bonds. The Hall–Kier alpha value is -3.23. The van der Waals surface area contributed by atoms with E-state index in [1.54, 1.807) is 0 Å². The van der Waals surface area contributed by atoms with Gasteiger partial charge in [-0.3, -0.25) is 9.59 Å². The SMILES string of the molecule is CC/C=C\C/C=C\C/C=C\C/C=C\C/C=C\C/C=C\CCC(=O)OC(COCCC(C(=O)O)[N+](C)(C)C)COC(=O)CCCCCC. The van der Waals surface area contributed by atoms with E-state index in [0.29, 0.717) is 19.3 Å². The first-order valence-corrected chi connectivity index (χ1v) is 17.5. The number of allylic oxidation sites excluding steroid dienone is 12. The van der Waals surface area contributed by atoms with Crippen molar-refractivity contribution in [2.75, 3.05) is 41.0 Å². The maximum absolute atomic E-state index is 12.5. The number of hydrogen-bond donors (Lipinski definition) is 1. The van der Waals surface area contributed by atoms with Crippen LogP contribution >= 0.6 is 0 Å². The van der Waals surface area contributed by atoms with Gasteiger partial charge in [-0.05, 0) is 51.4 Å². The predicted octanol–water partition coefficient (Wildman–Crippen LogP) is 8.46. The topological polar surface area (TPSA) is 99.1 Å². The second-order valence-electron chi connectivity index (χ2n) is 12.4. The van der Waals surface area contributed by atoms with E-state index in [4.69, 9.17) is 14.2 Å². The lowest BCUT2D eigenvalue weighted by Crippen LogP contribution is -2.50. The van der Waals surface area contributed by atoms with Gasteiger partial charge in [0.05, 0.1) is 34.4 Å². The molecule has 8 heteroatoms. The Morgan fingerprint density at radius 3 is 1.68 bits per heavy atom. The molecule has 0 saturated carbocycles. The summed E-state index contributed by atoms with van der Waals surface area (Å²) in [5, 5.41) is 9.52. The van der Waals surface area contributed by atoms with Gasteiger partial charge in [0.2, 0.25) is 0 Å². The van der Waals surface area contributed by atoms with E-state index in [1.165, 1.54) is 0 Å². The van der Waals surface area contributed by atoms with Gasteiger partial charge < -0.3 is 23.8 Å². The zero-order valence-corrected chi connectivity index (χ0v) is 29.9. The number of carboxylic acid groups (broad SMARTS) is 1. The number of rotatable bonds is 29. The Bertz CT molecular complexity index is 1000. The Balaban J connectivity index is 4.47. The molecule has 0 spiro atoms. The van der Waals surface area contributed by atoms with Crippen LogP contribution in [0.2, 0.25) is 0 Å². The fraction of sp³-hybridized carbons (Fsp3) is 0.615. The van der Waals surface area contributed by atoms with Crippen molar-refractivity contribution in [1.29, 1.82) is 0 Å². The molecular formula is C39H64NO7+. The van der Waals surface area contributed by atoms with Crippen molar-refractivity contribution in [1.82, 2.24) is 0 Å². The number of esters is 2. The van der Waals surface area contributed by atoms with E-state index < -0.39 is 24.1 Å². The summed E-state index contributed by atoms with van der Waals surface area (Å²) in [6.07, 6.45) is 35.8. The minimum absolute atomic E-state index is 0.0260. The highest BCUT2D eigenvalue weighted by atomic mass is 16.6. The minimum atomic E-state index is -0.893. The second kappa shape index (κ2) is 30.1. The molecule has 0 bridgehead atoms. The van der Waals surface area contributed by atoms with Crippen LogP contribution in [0, 0.1) is 0 Å². The van der Waals surface area contributed by atoms with Crippen LogP contribution in [0.4, 0.5) is 0 Å². The monoisotopic (exact) mass is 658 g/mol. The van der Waals surface area contributed by atoms with Gasteiger partial charge in [-0.1, -0.05) is 106 Å². The van der Waals surface area contributed by atoms with Crippen LogP contribution in [-0.4, -0.2) is 80.6 Å². The predicted molar refractivity (Wildman–Crippen MR) is 192 cm³/mol. The summed E-state index contributed by atoms with van der Waals surface area (Å²) in [6.45, 7) is 4.37. The lowest BCUT2D eigenvalue weighted by molar-refractivity contribution is -0.887. The van der Waals surface area contributed by atoms with Crippen LogP contribution in [0.5, 0.6) is 0 Å². The Kier molecular flexibility index (Phi) is 28.1. The van der Waals surface area contributed by atoms with Crippen molar-refractivity contribution in [2.45, 2.75) is 116 Å². The summed E-state index contributed by atoms with van der Waals surface area (Å²) in [7, 11) is 5.46. The first kappa shape index (κ1) is 43.8. The first-order valence-electron chi connectivity index (χ1n) is 17.5. The standard InChI is InChI=1S/C39H63NO7/c1-6-8-10-12-13-14-15-16-17-18-19-20-21-22-23-24-25-26-28-30-38(42)47-35(34-46-37(41)29-27-11-9-7-2)33-45-32-31-36(39(43)44)40(3,4)5/h8,10,13-14,16-17,19-20,22-23,25-26,35-36H,6-7,9,11-12,15,18,21,24,27-34H2,1-5H3/p+1/b10-8-,14-13-,17-16-,20-19-,23-22-,26-25-. The minimum Gasteiger partial charge on any atom is -0.477 e. The molecule has 0 heterocycles. The van der Waals surface area contributed by atoms with Crippen LogP contribution in [-0.2, 0) is 28.6 Å². The molecule has 0 aliphatic carbocycles. The van der Waals surface area contributed by atoms with Gasteiger partial charge in [-0.2, -0.15) is 0 Å². The summed E-state index contributed by atoms with van der Waals surface area (Å²) in [5.41, 5.74) is 0. The smallest absolute Gasteiger partial charge is 0.362 e. The number of nitrogens with zero attached hydrogens (tertiary/aromatic N) is 1. The summed E-state index contributed by atoms with van der Waals surface area (Å²) in [4.78, 5) is 36.3. The van der Waals surface area contributed by atoms with Crippen LogP contribution in [0.25, 0.3) is 0 Å². The average molecular weight is 659 g/mol. The second-order valence-corrected chi connectivity index (χ2v) is 12.4. The molecule has 0 aliphatic heterocycles. The number of likely N-dealkylation sites (N-methyl/N-ethyl adjacent to an activating group) is 1. The van der Waals surface area contributed by atoms with E-state index >= 15 is 0 Å². The van der Waals surface area contributed by atoms with Crippen LogP contribution in [0.1, 0.15) is 104 Å². The Morgan fingerprint density at radius 2 is 1.19 bits per heavy atom. The van der Waals surface area contributed by atoms with Crippen molar-refractivity contribution >= 4 is 17.9 Å². The molecule has 0 fully saturated rings. The van der Waals surface area contributed by atoms with E-state index in [9.17, 15) is 19.5 Å². The number of carbonyl (C=O) groups excluding carboxylic acids is 2. The molecule has 0 aromatic rings. The summed E-state index contributed by atoms with van der Waals surface area (Å²) in [5.74, 6) is -1.61. The van der Waals surface area contributed by atoms with Gasteiger partial charge in [0, 0.05) is 19.3 Å². The molecule has 0 radical (unpaired) electrons. The lowest BCUT2D eigenvalue weighted by Gasteiger charge is -2.31. The quantitative estimate of drug-likeness (QED) is 0.0373. The fourth-order valence-corrected chi connectivity index (χ4v) is 4.41. The highest BCUT2D eigenvalue weighted by molar-refractivity contribution is 5.72. The highest BCUT2D eigenvalue weighted by Crippen LogP contribution is 2.10. The summed E-state index contributed by atoms with van der Waals surface area (Å²) >= 11 is 0. The zero-order chi connectivity index (χ0) is 35.0. The van der Waals surface area contributed by atoms with Crippen LogP contribution in [0.15, 0.2) is 72.9 Å². The van der Waals surface area contributed by atoms with Crippen molar-refractivity contribution in [2.24, 2.45) is 0 Å². The van der Waals surface area contributed by atoms with E-state index in [-0.39, 0.29) is 36.7 Å². The maximum Gasteiger partial charge on any atom is 0.362 e. The van der Waals surface area contributed by atoms with Gasteiger partial charge in [0.15, 0.2) is 12.1 Å². The molecule has 2 unspecified atom stereocenters. The normalized spacial score (nSPS) is 14.0. The third-order valence-electron chi connectivity index (χ3n) is 7.13. The summed E-state index contributed by atoms with van der Waals surface area (Å²) in [6, 6.07) is -0.627. The summed E-state index contributed by atoms with van der Waals surface area (Å²) < 4.78 is 16.9. The Morgan fingerprint density at radius 1 is 0.660 bits per heavy atom. The fourth-order valence-electron chi connectivity index (χ4n) is 4.41. The Labute approximate surface area is 285 Å². The maximum atomic E-state index is 12.5. The molecule has 0 aromatic heterocycles. The van der Waals surface area contributed by atoms with E-state index in [2.05, 4.69) is 74.6 Å². The van der Waals surface area contributed by atoms with Gasteiger partial charge in [-0.15, -0.1) is 0 Å². The highest BCUT2D eigenvalue weighted by Gasteiger charge is 2.31. The lowest BCUT2D eigenvalue weighted by atomic mass is 10.1. The van der Waals surface area contributed by atoms with Crippen molar-refractivity contribution in [3.05, 3.63) is 72.9 Å². The number of carbonyl (C=O) groups is 3. The van der Waals surface area contributed by atoms with E-state index in [1.807, 2.05) is 33.3 Å². The first-order chi connectivity index (χ1) is 22.6. The van der Waals surface area contributed by atoms with E-state index in [0.717, 1.165) is 64.2 Å². The molecule has 0 saturated heterocycles. The molecule has 0 rings (SSSR count). The van der Waals surface area contributed by atoms with Gasteiger partial charge in [0.25, 0.3) is 0 Å². The van der Waals surface area contributed by atoms with Gasteiger partial charge in [-0.25, -0.2) is 4.79 Å². The van der Waals surface area contributed by atoms with Crippen LogP contribution in [0.3, 0.4) is 0 Å². The third kappa shape index (κ3) is 28.7. The molecule has 1 N–H and O–H groups in total. The van der Waals surface area contributed by atoms with Crippen LogP contribution < -0.4 is 0 Å². The molecule has 0 aliphatic rings. The number of carboxylic acids is 1.